The Labute approximate surface area is 354 Å². The van der Waals surface area contributed by atoms with Crippen molar-refractivity contribution in [3.8, 4) is 11.5 Å². The number of hydrogen-bond acceptors (Lipinski definition) is 8. The lowest BCUT2D eigenvalue weighted by Gasteiger charge is -2.22. The number of hydrogen-bond donors (Lipinski definition) is 4. The molecular weight excluding hydrogens is 789 g/mol. The van der Waals surface area contributed by atoms with Crippen LogP contribution in [0.15, 0.2) is 99.8 Å². The highest BCUT2D eigenvalue weighted by Crippen LogP contribution is 2.40. The molecule has 0 fully saturated rings. The van der Waals surface area contributed by atoms with Crippen LogP contribution in [0.1, 0.15) is 104 Å². The molecule has 1 atom stereocenters. The summed E-state index contributed by atoms with van der Waals surface area (Å²) in [6.45, 7) is 9.36. The highest BCUT2D eigenvalue weighted by atomic mass is 19.2. The van der Waals surface area contributed by atoms with Crippen molar-refractivity contribution >= 4 is 41.4 Å². The van der Waals surface area contributed by atoms with E-state index in [0.29, 0.717) is 22.5 Å². The molecule has 0 saturated carbocycles. The SMILES string of the molecule is CCCCC/C=C/B(O)O.CCCCCC1C=Cc2c(c(F)c(F)c3oc(C)cc23)O1.Cc1cc2c(C=O)c(O)c(F)c(F)c2o1.c1ccc(CNCc2ccccc2)cc1. The van der Waals surface area contributed by atoms with Crippen LogP contribution in [0.3, 0.4) is 0 Å². The molecule has 4 N–H and O–H groups in total. The minimum Gasteiger partial charge on any atom is -0.504 e. The number of aromatic hydroxyl groups is 1. The number of phenolic OH excluding ortho intramolecular Hbond substituents is 1. The van der Waals surface area contributed by atoms with E-state index in [2.05, 4.69) is 67.7 Å². The Morgan fingerprint density at radius 3 is 1.84 bits per heavy atom. The average Bonchev–Trinajstić information content (AvgIpc) is 3.86. The van der Waals surface area contributed by atoms with Gasteiger partial charge in [0.1, 0.15) is 17.6 Å². The summed E-state index contributed by atoms with van der Waals surface area (Å²) in [6.07, 6.45) is 14.2. The van der Waals surface area contributed by atoms with Crippen LogP contribution in [-0.2, 0) is 13.1 Å². The van der Waals surface area contributed by atoms with Crippen molar-refractivity contribution < 1.29 is 51.1 Å². The van der Waals surface area contributed by atoms with E-state index in [-0.39, 0.29) is 40.3 Å². The third-order valence-corrected chi connectivity index (χ3v) is 9.57. The van der Waals surface area contributed by atoms with Crippen LogP contribution in [0.25, 0.3) is 28.0 Å². The van der Waals surface area contributed by atoms with Crippen molar-refractivity contribution in [3.63, 3.8) is 0 Å². The first-order valence-corrected chi connectivity index (χ1v) is 20.5. The number of unbranched alkanes of at least 4 members (excludes halogenated alkanes) is 5. The summed E-state index contributed by atoms with van der Waals surface area (Å²) < 4.78 is 70.4. The highest BCUT2D eigenvalue weighted by Gasteiger charge is 2.27. The second kappa shape index (κ2) is 24.6. The Morgan fingerprint density at radius 2 is 1.28 bits per heavy atom. The van der Waals surface area contributed by atoms with Crippen molar-refractivity contribution in [1.29, 1.82) is 0 Å². The standard InChI is InChI=1S/C17H18F2O2.C14H15N.C10H6F2O3.C7H15BO2/c1-3-4-5-6-11-7-8-12-13-9-10(2)20-17(13)15(19)14(18)16(12)21-11;1-3-7-13(8-4-1)11-15-12-14-9-5-2-6-10-14;1-4-2-5-6(3-13)9(14)7(11)8(12)10(5)15-4;1-2-3-4-5-6-7-8(9)10/h7-9,11H,3-6H2,1-2H3;1-10,15H,11-12H2;2-3,14H,1H3;6-7,9-10H,2-5H2,1H3/b;;;7-6+. The number of carbonyl (C=O) groups is 1. The molecule has 1 aliphatic rings. The second-order valence-corrected chi connectivity index (χ2v) is 14.5. The van der Waals surface area contributed by atoms with E-state index < -0.39 is 36.1 Å². The van der Waals surface area contributed by atoms with Crippen LogP contribution in [-0.4, -0.2) is 34.7 Å². The van der Waals surface area contributed by atoms with E-state index >= 15 is 0 Å². The molecule has 13 heteroatoms. The molecule has 324 valence electrons. The topological polar surface area (TPSA) is 125 Å². The van der Waals surface area contributed by atoms with Gasteiger partial charge in [-0.05, 0) is 68.9 Å². The fourth-order valence-electron chi connectivity index (χ4n) is 6.46. The summed E-state index contributed by atoms with van der Waals surface area (Å²) in [4.78, 5) is 10.6. The van der Waals surface area contributed by atoms with Gasteiger partial charge in [0.15, 0.2) is 29.0 Å². The molecule has 0 bridgehead atoms. The molecule has 0 radical (unpaired) electrons. The van der Waals surface area contributed by atoms with E-state index in [1.807, 2.05) is 24.3 Å². The fourth-order valence-corrected chi connectivity index (χ4v) is 6.46. The fraction of sp³-hybridized carbons (Fsp3) is 0.312. The molecule has 8 nitrogen and oxygen atoms in total. The van der Waals surface area contributed by atoms with Crippen LogP contribution in [0, 0.1) is 37.1 Å². The normalized spacial score (nSPS) is 12.8. The number of nitrogens with one attached hydrogen (secondary N) is 1. The van der Waals surface area contributed by atoms with Gasteiger partial charge in [0.25, 0.3) is 0 Å². The zero-order valence-corrected chi connectivity index (χ0v) is 35.0. The molecule has 3 heterocycles. The molecule has 0 saturated heterocycles. The number of phenols is 1. The predicted octanol–water partition coefficient (Wildman–Crippen LogP) is 12.0. The van der Waals surface area contributed by atoms with Crippen LogP contribution < -0.4 is 10.1 Å². The Morgan fingerprint density at radius 1 is 0.738 bits per heavy atom. The summed E-state index contributed by atoms with van der Waals surface area (Å²) in [6, 6.07) is 24.0. The van der Waals surface area contributed by atoms with E-state index in [4.69, 9.17) is 23.6 Å². The summed E-state index contributed by atoms with van der Waals surface area (Å²) >= 11 is 0. The molecule has 0 spiro atoms. The molecule has 4 aromatic carbocycles. The third kappa shape index (κ3) is 14.0. The van der Waals surface area contributed by atoms with E-state index in [9.17, 15) is 27.5 Å². The van der Waals surface area contributed by atoms with Gasteiger partial charge in [-0.25, -0.2) is 0 Å². The molecule has 1 unspecified atom stereocenters. The minimum atomic E-state index is -1.47. The maximum atomic E-state index is 14.2. The molecule has 0 amide bonds. The second-order valence-electron chi connectivity index (χ2n) is 14.5. The monoisotopic (exact) mass is 843 g/mol. The van der Waals surface area contributed by atoms with Gasteiger partial charge in [-0.1, -0.05) is 118 Å². The first-order valence-electron chi connectivity index (χ1n) is 20.5. The third-order valence-electron chi connectivity index (χ3n) is 9.57. The summed E-state index contributed by atoms with van der Waals surface area (Å²) in [7, 11) is -1.28. The molecule has 0 aliphatic carbocycles. The van der Waals surface area contributed by atoms with Crippen LogP contribution in [0.4, 0.5) is 17.6 Å². The van der Waals surface area contributed by atoms with Crippen molar-refractivity contribution in [2.24, 2.45) is 0 Å². The van der Waals surface area contributed by atoms with Crippen LogP contribution in [0.2, 0.25) is 0 Å². The van der Waals surface area contributed by atoms with Gasteiger partial charge in [-0.2, -0.15) is 17.6 Å². The van der Waals surface area contributed by atoms with Crippen molar-refractivity contribution in [3.05, 3.63) is 148 Å². The Hall–Kier alpha value is -5.63. The smallest absolute Gasteiger partial charge is 0.480 e. The number of rotatable bonds is 14. The summed E-state index contributed by atoms with van der Waals surface area (Å²) in [5.74, 6) is -3.40. The van der Waals surface area contributed by atoms with E-state index in [1.165, 1.54) is 42.9 Å². The van der Waals surface area contributed by atoms with Gasteiger partial charge >= 0.3 is 7.12 Å². The quantitative estimate of drug-likeness (QED) is 0.0370. The molecule has 61 heavy (non-hydrogen) atoms. The lowest BCUT2D eigenvalue weighted by atomic mass is 9.91. The van der Waals surface area contributed by atoms with Gasteiger partial charge in [0.2, 0.25) is 23.3 Å². The van der Waals surface area contributed by atoms with Gasteiger partial charge in [0.05, 0.1) is 5.56 Å². The lowest BCUT2D eigenvalue weighted by Crippen LogP contribution is -2.18. The van der Waals surface area contributed by atoms with Gasteiger partial charge in [-0.3, -0.25) is 4.79 Å². The van der Waals surface area contributed by atoms with Crippen LogP contribution >= 0.6 is 0 Å². The summed E-state index contributed by atoms with van der Waals surface area (Å²) in [5, 5.41) is 30.0. The summed E-state index contributed by atoms with van der Waals surface area (Å²) in [5.41, 5.74) is 2.52. The van der Waals surface area contributed by atoms with Gasteiger partial charge in [-0.15, -0.1) is 0 Å². The number of allylic oxidation sites excluding steroid dienone is 1. The molecule has 2 aromatic heterocycles. The Balaban J connectivity index is 0.000000185. The van der Waals surface area contributed by atoms with E-state index in [1.54, 1.807) is 19.1 Å². The van der Waals surface area contributed by atoms with Crippen molar-refractivity contribution in [1.82, 2.24) is 5.32 Å². The molecule has 1 aliphatic heterocycles. The van der Waals surface area contributed by atoms with Gasteiger partial charge < -0.3 is 34.0 Å². The maximum Gasteiger partial charge on any atom is 0.480 e. The number of carbonyl (C=O) groups excluding carboxylic acids is 1. The van der Waals surface area contributed by atoms with E-state index in [0.717, 1.165) is 51.6 Å². The molecule has 7 rings (SSSR count). The Kier molecular flexibility index (Phi) is 19.4. The first-order chi connectivity index (χ1) is 29.4. The minimum absolute atomic E-state index is 0.00444. The number of fused-ring (bicyclic) bond motifs is 4. The number of aryl methyl sites for hydroxylation is 2. The highest BCUT2D eigenvalue weighted by molar-refractivity contribution is 6.47. The predicted molar refractivity (Wildman–Crippen MR) is 233 cm³/mol. The molecule has 6 aromatic rings. The number of benzene rings is 4. The molecular formula is C48H54BF4NO7. The van der Waals surface area contributed by atoms with Crippen LogP contribution in [0.5, 0.6) is 11.5 Å². The van der Waals surface area contributed by atoms with Crippen molar-refractivity contribution in [2.75, 3.05) is 0 Å². The van der Waals surface area contributed by atoms with Gasteiger partial charge in [0, 0.05) is 29.4 Å². The number of halogens is 4. The lowest BCUT2D eigenvalue weighted by molar-refractivity contribution is 0.112. The number of aldehydes is 1. The zero-order chi connectivity index (χ0) is 44.3. The number of furan rings is 2. The number of ether oxygens (including phenoxy) is 1. The average molecular weight is 844 g/mol. The maximum absolute atomic E-state index is 14.2. The zero-order valence-electron chi connectivity index (χ0n) is 35.0. The van der Waals surface area contributed by atoms with Crippen molar-refractivity contribution in [2.45, 2.75) is 98.3 Å². The largest absolute Gasteiger partial charge is 0.504 e. The first kappa shape index (κ1) is 48.0. The Bertz CT molecular complexity index is 2300.